The summed E-state index contributed by atoms with van der Waals surface area (Å²) < 4.78 is 1.10. The number of benzene rings is 1. The maximum Gasteiger partial charge on any atom is 0.123 e. The summed E-state index contributed by atoms with van der Waals surface area (Å²) in [5.41, 5.74) is 2.39. The van der Waals surface area contributed by atoms with Crippen molar-refractivity contribution in [3.05, 3.63) is 39.8 Å². The van der Waals surface area contributed by atoms with Gasteiger partial charge in [0.2, 0.25) is 0 Å². The third kappa shape index (κ3) is 3.65. The molecule has 2 nitrogen and oxygen atoms in total. The molecule has 1 aromatic heterocycles. The largest absolute Gasteiger partial charge is 0.319 e. The Morgan fingerprint density at radius 1 is 1.26 bits per heavy atom. The zero-order valence-electron chi connectivity index (χ0n) is 11.5. The number of nitrogens with zero attached hydrogens (tertiary/aromatic N) is 1. The van der Waals surface area contributed by atoms with Gasteiger partial charge in [-0.15, -0.1) is 11.3 Å². The highest BCUT2D eigenvalue weighted by Crippen LogP contribution is 2.30. The molecule has 4 heteroatoms. The van der Waals surface area contributed by atoms with Crippen molar-refractivity contribution >= 4 is 27.3 Å². The van der Waals surface area contributed by atoms with Crippen molar-refractivity contribution in [3.8, 4) is 10.6 Å². The first-order chi connectivity index (χ1) is 9.11. The molecular formula is C15H19BrN2S. The zero-order chi connectivity index (χ0) is 13.8. The molecule has 1 aromatic carbocycles. The van der Waals surface area contributed by atoms with Crippen molar-refractivity contribution < 1.29 is 0 Å². The SMILES string of the molecule is CNCC(c1csc(-c2ccc(Br)cc2)n1)C(C)C. The van der Waals surface area contributed by atoms with Gasteiger partial charge >= 0.3 is 0 Å². The fourth-order valence-corrected chi connectivity index (χ4v) is 3.24. The van der Waals surface area contributed by atoms with Crippen LogP contribution in [0.25, 0.3) is 10.6 Å². The molecule has 1 heterocycles. The summed E-state index contributed by atoms with van der Waals surface area (Å²) in [6.07, 6.45) is 0. The van der Waals surface area contributed by atoms with E-state index in [1.54, 1.807) is 11.3 Å². The Morgan fingerprint density at radius 2 is 1.95 bits per heavy atom. The van der Waals surface area contributed by atoms with E-state index in [0.29, 0.717) is 11.8 Å². The van der Waals surface area contributed by atoms with E-state index in [2.05, 4.69) is 64.7 Å². The van der Waals surface area contributed by atoms with Crippen LogP contribution < -0.4 is 5.32 Å². The quantitative estimate of drug-likeness (QED) is 0.866. The van der Waals surface area contributed by atoms with Gasteiger partial charge in [0, 0.05) is 27.9 Å². The average molecular weight is 339 g/mol. The predicted octanol–water partition coefficient (Wildman–Crippen LogP) is 4.53. The van der Waals surface area contributed by atoms with Crippen LogP contribution in [0, 0.1) is 5.92 Å². The van der Waals surface area contributed by atoms with Gasteiger partial charge in [0.25, 0.3) is 0 Å². The molecule has 0 amide bonds. The summed E-state index contributed by atoms with van der Waals surface area (Å²) in [5, 5.41) is 6.56. The fraction of sp³-hybridized carbons (Fsp3) is 0.400. The van der Waals surface area contributed by atoms with Crippen molar-refractivity contribution in [2.75, 3.05) is 13.6 Å². The molecule has 0 spiro atoms. The number of thiazole rings is 1. The minimum absolute atomic E-state index is 0.477. The van der Waals surface area contributed by atoms with Gasteiger partial charge in [0.1, 0.15) is 5.01 Å². The van der Waals surface area contributed by atoms with Crippen LogP contribution in [0.5, 0.6) is 0 Å². The Hall–Kier alpha value is -0.710. The molecule has 1 N–H and O–H groups in total. The highest BCUT2D eigenvalue weighted by Gasteiger charge is 2.18. The van der Waals surface area contributed by atoms with Crippen LogP contribution in [-0.2, 0) is 0 Å². The Balaban J connectivity index is 2.24. The molecule has 2 aromatic rings. The van der Waals surface area contributed by atoms with Crippen LogP contribution in [-0.4, -0.2) is 18.6 Å². The van der Waals surface area contributed by atoms with Gasteiger partial charge in [-0.25, -0.2) is 4.98 Å². The van der Waals surface area contributed by atoms with Crippen molar-refractivity contribution in [3.63, 3.8) is 0 Å². The second-order valence-corrected chi connectivity index (χ2v) is 6.77. The van der Waals surface area contributed by atoms with E-state index >= 15 is 0 Å². The fourth-order valence-electron chi connectivity index (χ4n) is 2.08. The third-order valence-corrected chi connectivity index (χ3v) is 4.66. The molecule has 0 bridgehead atoms. The summed E-state index contributed by atoms with van der Waals surface area (Å²) in [7, 11) is 2.00. The van der Waals surface area contributed by atoms with Crippen LogP contribution in [0.15, 0.2) is 34.1 Å². The standard InChI is InChI=1S/C15H19BrN2S/c1-10(2)13(8-17-3)14-9-19-15(18-14)11-4-6-12(16)7-5-11/h4-7,9-10,13,17H,8H2,1-3H3. The molecule has 0 aliphatic carbocycles. The maximum absolute atomic E-state index is 4.81. The molecule has 102 valence electrons. The Labute approximate surface area is 127 Å². The molecule has 0 aliphatic rings. The minimum atomic E-state index is 0.477. The lowest BCUT2D eigenvalue weighted by Crippen LogP contribution is -2.21. The van der Waals surface area contributed by atoms with E-state index in [9.17, 15) is 0 Å². The molecule has 2 rings (SSSR count). The van der Waals surface area contributed by atoms with Gasteiger partial charge in [0.15, 0.2) is 0 Å². The number of hydrogen-bond donors (Lipinski definition) is 1. The Morgan fingerprint density at radius 3 is 2.53 bits per heavy atom. The molecule has 0 fully saturated rings. The minimum Gasteiger partial charge on any atom is -0.319 e. The van der Waals surface area contributed by atoms with Crippen molar-refractivity contribution in [1.29, 1.82) is 0 Å². The number of nitrogens with one attached hydrogen (secondary N) is 1. The highest BCUT2D eigenvalue weighted by molar-refractivity contribution is 9.10. The van der Waals surface area contributed by atoms with Crippen molar-refractivity contribution in [2.24, 2.45) is 5.92 Å². The lowest BCUT2D eigenvalue weighted by molar-refractivity contribution is 0.471. The molecule has 1 unspecified atom stereocenters. The Kier molecular flexibility index (Phi) is 5.13. The average Bonchev–Trinajstić information content (AvgIpc) is 2.85. The topological polar surface area (TPSA) is 24.9 Å². The molecule has 1 atom stereocenters. The van der Waals surface area contributed by atoms with E-state index in [4.69, 9.17) is 4.98 Å². The molecular weight excluding hydrogens is 320 g/mol. The Bertz CT molecular complexity index is 519. The summed E-state index contributed by atoms with van der Waals surface area (Å²) in [4.78, 5) is 4.81. The first-order valence-electron chi connectivity index (χ1n) is 6.47. The molecule has 19 heavy (non-hydrogen) atoms. The van der Waals surface area contributed by atoms with E-state index in [1.165, 1.54) is 11.3 Å². The van der Waals surface area contributed by atoms with Crippen LogP contribution in [0.1, 0.15) is 25.5 Å². The highest BCUT2D eigenvalue weighted by atomic mass is 79.9. The zero-order valence-corrected chi connectivity index (χ0v) is 13.9. The van der Waals surface area contributed by atoms with Gasteiger partial charge in [-0.3, -0.25) is 0 Å². The number of likely N-dealkylation sites (N-methyl/N-ethyl adjacent to an activating group) is 1. The molecule has 0 radical (unpaired) electrons. The van der Waals surface area contributed by atoms with Crippen molar-refractivity contribution in [1.82, 2.24) is 10.3 Å². The van der Waals surface area contributed by atoms with E-state index < -0.39 is 0 Å². The van der Waals surface area contributed by atoms with Gasteiger partial charge in [-0.05, 0) is 25.1 Å². The van der Waals surface area contributed by atoms with Crippen LogP contribution in [0.3, 0.4) is 0 Å². The first-order valence-corrected chi connectivity index (χ1v) is 8.15. The van der Waals surface area contributed by atoms with E-state index in [1.807, 2.05) is 7.05 Å². The smallest absolute Gasteiger partial charge is 0.123 e. The number of rotatable bonds is 5. The number of aromatic nitrogens is 1. The second kappa shape index (κ2) is 6.64. The molecule has 0 aliphatic heterocycles. The van der Waals surface area contributed by atoms with Crippen molar-refractivity contribution in [2.45, 2.75) is 19.8 Å². The normalized spacial score (nSPS) is 12.9. The summed E-state index contributed by atoms with van der Waals surface area (Å²) >= 11 is 5.19. The van der Waals surface area contributed by atoms with Crippen LogP contribution >= 0.6 is 27.3 Å². The van der Waals surface area contributed by atoms with Crippen LogP contribution in [0.4, 0.5) is 0 Å². The lowest BCUT2D eigenvalue weighted by atomic mass is 9.93. The number of halogens is 1. The number of hydrogen-bond acceptors (Lipinski definition) is 3. The summed E-state index contributed by atoms with van der Waals surface area (Å²) in [5.74, 6) is 1.07. The first kappa shape index (κ1) is 14.7. The summed E-state index contributed by atoms with van der Waals surface area (Å²) in [6, 6.07) is 8.33. The summed E-state index contributed by atoms with van der Waals surface area (Å²) in [6.45, 7) is 5.47. The monoisotopic (exact) mass is 338 g/mol. The molecule has 0 saturated heterocycles. The predicted molar refractivity (Wildman–Crippen MR) is 86.8 cm³/mol. The second-order valence-electron chi connectivity index (χ2n) is 4.99. The maximum atomic E-state index is 4.81. The van der Waals surface area contributed by atoms with Gasteiger partial charge in [-0.1, -0.05) is 41.9 Å². The van der Waals surface area contributed by atoms with Crippen LogP contribution in [0.2, 0.25) is 0 Å². The van der Waals surface area contributed by atoms with Gasteiger partial charge in [-0.2, -0.15) is 0 Å². The van der Waals surface area contributed by atoms with Gasteiger partial charge < -0.3 is 5.32 Å². The van der Waals surface area contributed by atoms with Gasteiger partial charge in [0.05, 0.1) is 5.69 Å². The lowest BCUT2D eigenvalue weighted by Gasteiger charge is -2.18. The molecule has 0 saturated carbocycles. The van der Waals surface area contributed by atoms with E-state index in [-0.39, 0.29) is 0 Å². The van der Waals surface area contributed by atoms with E-state index in [0.717, 1.165) is 16.0 Å². The third-order valence-electron chi connectivity index (χ3n) is 3.22.